The van der Waals surface area contributed by atoms with Gasteiger partial charge in [-0.05, 0) is 48.4 Å². The summed E-state index contributed by atoms with van der Waals surface area (Å²) in [6.45, 7) is 1.93. The molecule has 0 amide bonds. The van der Waals surface area contributed by atoms with Gasteiger partial charge >= 0.3 is 0 Å². The van der Waals surface area contributed by atoms with Crippen molar-refractivity contribution in [3.8, 4) is 22.9 Å². The first kappa shape index (κ1) is 24.4. The Morgan fingerprint density at radius 2 is 1.71 bits per heavy atom. The van der Waals surface area contributed by atoms with Crippen LogP contribution in [0, 0.1) is 6.92 Å². The minimum atomic E-state index is -0.257. The molecular formula is C25H22BrClN2O4S. The van der Waals surface area contributed by atoms with Crippen LogP contribution < -0.4 is 19.8 Å². The van der Waals surface area contributed by atoms with Gasteiger partial charge in [0, 0.05) is 15.2 Å². The Morgan fingerprint density at radius 3 is 2.35 bits per heavy atom. The predicted molar refractivity (Wildman–Crippen MR) is 140 cm³/mol. The molecule has 0 saturated carbocycles. The molecule has 1 aromatic heterocycles. The normalized spacial score (nSPS) is 11.0. The lowest BCUT2D eigenvalue weighted by molar-refractivity contribution is 0.326. The molecule has 1 heterocycles. The molecule has 3 aromatic carbocycles. The van der Waals surface area contributed by atoms with Crippen molar-refractivity contribution in [1.82, 2.24) is 9.55 Å². The number of aromatic nitrogens is 2. The van der Waals surface area contributed by atoms with Gasteiger partial charge in [-0.15, -0.1) is 0 Å². The van der Waals surface area contributed by atoms with Crippen LogP contribution in [0.25, 0.3) is 16.6 Å². The molecule has 0 saturated heterocycles. The van der Waals surface area contributed by atoms with Crippen molar-refractivity contribution in [3.05, 3.63) is 79.5 Å². The first-order valence-electron chi connectivity index (χ1n) is 10.3. The van der Waals surface area contributed by atoms with E-state index in [0.29, 0.717) is 49.8 Å². The first-order chi connectivity index (χ1) is 16.4. The second-order valence-electron chi connectivity index (χ2n) is 7.42. The van der Waals surface area contributed by atoms with E-state index in [-0.39, 0.29) is 5.56 Å². The Kier molecular flexibility index (Phi) is 7.40. The van der Waals surface area contributed by atoms with Gasteiger partial charge in [-0.25, -0.2) is 4.98 Å². The molecule has 0 unspecified atom stereocenters. The summed E-state index contributed by atoms with van der Waals surface area (Å²) < 4.78 is 19.2. The van der Waals surface area contributed by atoms with Gasteiger partial charge in [0.05, 0.1) is 32.4 Å². The molecule has 0 aliphatic heterocycles. The van der Waals surface area contributed by atoms with Gasteiger partial charge in [0.1, 0.15) is 5.52 Å². The fourth-order valence-corrected chi connectivity index (χ4v) is 5.01. The van der Waals surface area contributed by atoms with Gasteiger partial charge in [0.25, 0.3) is 5.56 Å². The molecule has 0 N–H and O–H groups in total. The molecule has 0 fully saturated rings. The summed E-state index contributed by atoms with van der Waals surface area (Å²) in [6, 6.07) is 15.1. The molecule has 0 aliphatic rings. The van der Waals surface area contributed by atoms with Crippen LogP contribution in [-0.4, -0.2) is 30.9 Å². The van der Waals surface area contributed by atoms with Crippen LogP contribution >= 0.6 is 39.3 Å². The lowest BCUT2D eigenvalue weighted by Crippen LogP contribution is -2.23. The number of methoxy groups -OCH3 is 3. The molecule has 0 radical (unpaired) electrons. The summed E-state index contributed by atoms with van der Waals surface area (Å²) in [7, 11) is 4.55. The summed E-state index contributed by atoms with van der Waals surface area (Å²) in [5.74, 6) is 1.72. The zero-order valence-corrected chi connectivity index (χ0v) is 22.2. The molecule has 176 valence electrons. The van der Waals surface area contributed by atoms with E-state index in [4.69, 9.17) is 30.8 Å². The largest absolute Gasteiger partial charge is 0.493 e. The highest BCUT2D eigenvalue weighted by atomic mass is 79.9. The zero-order chi connectivity index (χ0) is 24.4. The summed E-state index contributed by atoms with van der Waals surface area (Å²) >= 11 is 11.2. The molecule has 6 nitrogen and oxygen atoms in total. The van der Waals surface area contributed by atoms with Gasteiger partial charge in [-0.3, -0.25) is 9.36 Å². The number of ether oxygens (including phenoxy) is 3. The SMILES string of the molecule is COc1cc2c(=O)n(-c3cc(Cl)ccc3C)c(SCc3ccc(Br)cc3)nc2c(OC)c1OC. The Bertz CT molecular complexity index is 1420. The minimum absolute atomic E-state index is 0.257. The number of benzene rings is 3. The number of hydrogen-bond acceptors (Lipinski definition) is 6. The van der Waals surface area contributed by atoms with Crippen LogP contribution in [-0.2, 0) is 5.75 Å². The highest BCUT2D eigenvalue weighted by Crippen LogP contribution is 2.42. The highest BCUT2D eigenvalue weighted by molar-refractivity contribution is 9.10. The average molecular weight is 562 g/mol. The molecule has 0 atom stereocenters. The topological polar surface area (TPSA) is 62.6 Å². The van der Waals surface area contributed by atoms with Crippen molar-refractivity contribution in [1.29, 1.82) is 0 Å². The second-order valence-corrected chi connectivity index (χ2v) is 9.72. The highest BCUT2D eigenvalue weighted by Gasteiger charge is 2.23. The number of halogens is 2. The number of nitrogens with zero attached hydrogens (tertiary/aromatic N) is 2. The van der Waals surface area contributed by atoms with Crippen LogP contribution in [0.15, 0.2) is 63.0 Å². The van der Waals surface area contributed by atoms with E-state index in [0.717, 1.165) is 15.6 Å². The van der Waals surface area contributed by atoms with Crippen molar-refractivity contribution in [3.63, 3.8) is 0 Å². The molecule has 0 spiro atoms. The monoisotopic (exact) mass is 560 g/mol. The van der Waals surface area contributed by atoms with Crippen molar-refractivity contribution in [2.24, 2.45) is 0 Å². The maximum absolute atomic E-state index is 13.9. The van der Waals surface area contributed by atoms with Crippen LogP contribution in [0.2, 0.25) is 5.02 Å². The van der Waals surface area contributed by atoms with Gasteiger partial charge in [-0.1, -0.05) is 57.5 Å². The number of hydrogen-bond donors (Lipinski definition) is 0. The molecule has 4 rings (SSSR count). The lowest BCUT2D eigenvalue weighted by Gasteiger charge is -2.18. The van der Waals surface area contributed by atoms with Gasteiger partial charge < -0.3 is 14.2 Å². The summed E-state index contributed by atoms with van der Waals surface area (Å²) in [4.78, 5) is 18.8. The van der Waals surface area contributed by atoms with Crippen LogP contribution in [0.1, 0.15) is 11.1 Å². The Morgan fingerprint density at radius 1 is 1.00 bits per heavy atom. The van der Waals surface area contributed by atoms with E-state index >= 15 is 0 Å². The number of thioether (sulfide) groups is 1. The van der Waals surface area contributed by atoms with E-state index in [1.54, 1.807) is 22.8 Å². The third-order valence-corrected chi connectivity index (χ3v) is 7.10. The van der Waals surface area contributed by atoms with Crippen LogP contribution in [0.3, 0.4) is 0 Å². The fraction of sp³-hybridized carbons (Fsp3) is 0.200. The van der Waals surface area contributed by atoms with E-state index in [2.05, 4.69) is 15.9 Å². The number of rotatable bonds is 7. The van der Waals surface area contributed by atoms with Crippen molar-refractivity contribution >= 4 is 50.2 Å². The number of fused-ring (bicyclic) bond motifs is 1. The zero-order valence-electron chi connectivity index (χ0n) is 19.0. The third kappa shape index (κ3) is 4.62. The molecule has 9 heteroatoms. The van der Waals surface area contributed by atoms with Crippen LogP contribution in [0.4, 0.5) is 0 Å². The predicted octanol–water partition coefficient (Wildman–Crippen LogP) is 6.43. The minimum Gasteiger partial charge on any atom is -0.493 e. The van der Waals surface area contributed by atoms with E-state index < -0.39 is 0 Å². The lowest BCUT2D eigenvalue weighted by atomic mass is 10.1. The number of aryl methyl sites for hydroxylation is 1. The second kappa shape index (κ2) is 10.3. The average Bonchev–Trinajstić information content (AvgIpc) is 2.84. The summed E-state index contributed by atoms with van der Waals surface area (Å²) in [5, 5.41) is 1.39. The van der Waals surface area contributed by atoms with E-state index in [1.807, 2.05) is 37.3 Å². The van der Waals surface area contributed by atoms with Gasteiger partial charge in [0.15, 0.2) is 16.7 Å². The smallest absolute Gasteiger partial charge is 0.266 e. The fourth-order valence-electron chi connectivity index (χ4n) is 3.63. The Hall–Kier alpha value is -2.68. The van der Waals surface area contributed by atoms with Crippen LogP contribution in [0.5, 0.6) is 17.2 Å². The molecule has 0 aliphatic carbocycles. The molecule has 4 aromatic rings. The van der Waals surface area contributed by atoms with Gasteiger partial charge in [0.2, 0.25) is 5.75 Å². The standard InChI is InChI=1S/C25H22BrClN2O4S/c1-14-5-10-17(27)11-19(14)29-24(30)18-12-20(31-2)22(32-3)23(33-4)21(18)28-25(29)34-13-15-6-8-16(26)9-7-15/h5-12H,13H2,1-4H3. The maximum atomic E-state index is 13.9. The Labute approximate surface area is 214 Å². The molecule has 0 bridgehead atoms. The van der Waals surface area contributed by atoms with Crippen molar-refractivity contribution < 1.29 is 14.2 Å². The first-order valence-corrected chi connectivity index (χ1v) is 12.4. The van der Waals surface area contributed by atoms with E-state index in [1.165, 1.54) is 33.1 Å². The molecule has 34 heavy (non-hydrogen) atoms. The van der Waals surface area contributed by atoms with Crippen molar-refractivity contribution in [2.45, 2.75) is 17.8 Å². The molecular weight excluding hydrogens is 540 g/mol. The summed E-state index contributed by atoms with van der Waals surface area (Å²) in [5.41, 5.74) is 2.80. The quantitative estimate of drug-likeness (QED) is 0.191. The third-order valence-electron chi connectivity index (χ3n) is 5.33. The summed E-state index contributed by atoms with van der Waals surface area (Å²) in [6.07, 6.45) is 0. The van der Waals surface area contributed by atoms with Crippen molar-refractivity contribution in [2.75, 3.05) is 21.3 Å². The van der Waals surface area contributed by atoms with Gasteiger partial charge in [-0.2, -0.15) is 0 Å². The maximum Gasteiger partial charge on any atom is 0.266 e. The van der Waals surface area contributed by atoms with E-state index in [9.17, 15) is 4.79 Å². The Balaban J connectivity index is 2.00.